The van der Waals surface area contributed by atoms with Crippen LogP contribution in [0, 0.1) is 5.82 Å². The fourth-order valence-corrected chi connectivity index (χ4v) is 3.66. The Kier molecular flexibility index (Phi) is 5.23. The lowest BCUT2D eigenvalue weighted by molar-refractivity contribution is -0.118. The first-order chi connectivity index (χ1) is 11.2. The Morgan fingerprint density at radius 3 is 2.70 bits per heavy atom. The number of halogens is 1. The molecule has 0 atom stereocenters. The van der Waals surface area contributed by atoms with Crippen LogP contribution in [0.2, 0.25) is 0 Å². The van der Waals surface area contributed by atoms with Crippen LogP contribution in [-0.4, -0.2) is 17.5 Å². The molecule has 1 aromatic carbocycles. The lowest BCUT2D eigenvalue weighted by atomic mass is 10.0. The van der Waals surface area contributed by atoms with Gasteiger partial charge in [-0.2, -0.15) is 0 Å². The van der Waals surface area contributed by atoms with Crippen molar-refractivity contribution in [1.29, 1.82) is 0 Å². The van der Waals surface area contributed by atoms with Gasteiger partial charge in [0.25, 0.3) is 5.91 Å². The molecule has 0 saturated carbocycles. The summed E-state index contributed by atoms with van der Waals surface area (Å²) in [6.45, 7) is -0.115. The Balaban J connectivity index is 1.55. The Hall–Kier alpha value is -1.95. The molecule has 23 heavy (non-hydrogen) atoms. The minimum Gasteiger partial charge on any atom is -0.484 e. The number of hydrogen-bond donors (Lipinski definition) is 1. The summed E-state index contributed by atoms with van der Waals surface area (Å²) in [6.07, 6.45) is 6.92. The first kappa shape index (κ1) is 15.9. The van der Waals surface area contributed by atoms with E-state index < -0.39 is 0 Å². The van der Waals surface area contributed by atoms with Gasteiger partial charge in [-0.3, -0.25) is 10.1 Å². The van der Waals surface area contributed by atoms with Crippen LogP contribution in [0.3, 0.4) is 0 Å². The zero-order valence-corrected chi connectivity index (χ0v) is 13.6. The van der Waals surface area contributed by atoms with Gasteiger partial charge in [0.15, 0.2) is 11.7 Å². The van der Waals surface area contributed by atoms with E-state index in [0.29, 0.717) is 10.9 Å². The molecule has 0 unspecified atom stereocenters. The van der Waals surface area contributed by atoms with Crippen LogP contribution in [-0.2, 0) is 17.6 Å². The van der Waals surface area contributed by atoms with Crippen molar-refractivity contribution < 1.29 is 13.9 Å². The molecule has 1 aromatic heterocycles. The number of benzene rings is 1. The van der Waals surface area contributed by atoms with Crippen molar-refractivity contribution in [2.24, 2.45) is 0 Å². The Morgan fingerprint density at radius 1 is 1.17 bits per heavy atom. The Bertz CT molecular complexity index is 644. The average Bonchev–Trinajstić information content (AvgIpc) is 2.88. The standard InChI is InChI=1S/C17H19FN2O2S/c18-12-7-9-13(10-8-12)22-11-16(21)20-17-19-14-5-3-1-2-4-6-15(14)23-17/h7-10H,1-6,11H2,(H,19,20,21). The van der Waals surface area contributed by atoms with Crippen molar-refractivity contribution in [3.05, 3.63) is 40.7 Å². The first-order valence-corrected chi connectivity index (χ1v) is 8.69. The van der Waals surface area contributed by atoms with Crippen molar-refractivity contribution in [3.63, 3.8) is 0 Å². The van der Waals surface area contributed by atoms with Gasteiger partial charge in [0.05, 0.1) is 5.69 Å². The molecule has 1 aliphatic rings. The lowest BCUT2D eigenvalue weighted by Gasteiger charge is -2.06. The van der Waals surface area contributed by atoms with E-state index in [-0.39, 0.29) is 18.3 Å². The summed E-state index contributed by atoms with van der Waals surface area (Å²) in [7, 11) is 0. The maximum absolute atomic E-state index is 12.8. The summed E-state index contributed by atoms with van der Waals surface area (Å²) in [4.78, 5) is 17.8. The van der Waals surface area contributed by atoms with Gasteiger partial charge >= 0.3 is 0 Å². The molecule has 1 N–H and O–H groups in total. The van der Waals surface area contributed by atoms with E-state index in [1.165, 1.54) is 48.4 Å². The molecule has 122 valence electrons. The normalized spacial score (nSPS) is 14.5. The van der Waals surface area contributed by atoms with Gasteiger partial charge in [-0.25, -0.2) is 9.37 Å². The number of fused-ring (bicyclic) bond motifs is 1. The number of ether oxygens (including phenoxy) is 1. The molecular weight excluding hydrogens is 315 g/mol. The van der Waals surface area contributed by atoms with Crippen molar-refractivity contribution in [3.8, 4) is 5.75 Å². The van der Waals surface area contributed by atoms with Gasteiger partial charge in [-0.15, -0.1) is 11.3 Å². The second-order valence-corrected chi connectivity index (χ2v) is 6.68. The molecular formula is C17H19FN2O2S. The summed E-state index contributed by atoms with van der Waals surface area (Å²) < 4.78 is 18.1. The van der Waals surface area contributed by atoms with E-state index >= 15 is 0 Å². The maximum Gasteiger partial charge on any atom is 0.264 e. The molecule has 0 radical (unpaired) electrons. The Labute approximate surface area is 138 Å². The number of carbonyl (C=O) groups excluding carboxylic acids is 1. The van der Waals surface area contributed by atoms with Crippen LogP contribution in [0.1, 0.15) is 36.3 Å². The van der Waals surface area contributed by atoms with Gasteiger partial charge in [0.1, 0.15) is 11.6 Å². The zero-order chi connectivity index (χ0) is 16.1. The van der Waals surface area contributed by atoms with Gasteiger partial charge in [0, 0.05) is 4.88 Å². The number of aryl methyl sites for hydroxylation is 2. The molecule has 0 aliphatic heterocycles. The average molecular weight is 334 g/mol. The van der Waals surface area contributed by atoms with Crippen LogP contribution in [0.4, 0.5) is 9.52 Å². The minimum atomic E-state index is -0.331. The van der Waals surface area contributed by atoms with Gasteiger partial charge < -0.3 is 4.74 Å². The number of rotatable bonds is 4. The van der Waals surface area contributed by atoms with Crippen LogP contribution < -0.4 is 10.1 Å². The molecule has 1 aliphatic carbocycles. The third-order valence-corrected chi connectivity index (χ3v) is 4.85. The second-order valence-electron chi connectivity index (χ2n) is 5.59. The van der Waals surface area contributed by atoms with E-state index in [9.17, 15) is 9.18 Å². The largest absolute Gasteiger partial charge is 0.484 e. The predicted molar refractivity (Wildman–Crippen MR) is 88.5 cm³/mol. The van der Waals surface area contributed by atoms with Crippen LogP contribution >= 0.6 is 11.3 Å². The van der Waals surface area contributed by atoms with Crippen LogP contribution in [0.5, 0.6) is 5.75 Å². The maximum atomic E-state index is 12.8. The summed E-state index contributed by atoms with van der Waals surface area (Å²) in [5.74, 6) is -0.119. The summed E-state index contributed by atoms with van der Waals surface area (Å²) in [5.41, 5.74) is 1.13. The molecule has 1 amide bonds. The predicted octanol–water partition coefficient (Wildman–Crippen LogP) is 3.96. The van der Waals surface area contributed by atoms with Crippen LogP contribution in [0.25, 0.3) is 0 Å². The third-order valence-electron chi connectivity index (χ3n) is 3.78. The molecule has 2 aromatic rings. The van der Waals surface area contributed by atoms with Crippen molar-refractivity contribution >= 4 is 22.4 Å². The number of nitrogens with zero attached hydrogens (tertiary/aromatic N) is 1. The highest BCUT2D eigenvalue weighted by Crippen LogP contribution is 2.28. The zero-order valence-electron chi connectivity index (χ0n) is 12.8. The molecule has 0 bridgehead atoms. The van der Waals surface area contributed by atoms with E-state index in [1.54, 1.807) is 11.3 Å². The monoisotopic (exact) mass is 334 g/mol. The number of thiazole rings is 1. The molecule has 1 heterocycles. The smallest absolute Gasteiger partial charge is 0.264 e. The van der Waals surface area contributed by atoms with Crippen molar-refractivity contribution in [2.75, 3.05) is 11.9 Å². The fraction of sp³-hybridized carbons (Fsp3) is 0.412. The number of nitrogens with one attached hydrogen (secondary N) is 1. The number of amides is 1. The lowest BCUT2D eigenvalue weighted by Crippen LogP contribution is -2.20. The quantitative estimate of drug-likeness (QED) is 0.921. The first-order valence-electron chi connectivity index (χ1n) is 7.87. The van der Waals surface area contributed by atoms with Gasteiger partial charge in [-0.1, -0.05) is 12.8 Å². The fourth-order valence-electron chi connectivity index (χ4n) is 2.59. The summed E-state index contributed by atoms with van der Waals surface area (Å²) >= 11 is 1.56. The molecule has 6 heteroatoms. The number of hydrogen-bond acceptors (Lipinski definition) is 4. The SMILES string of the molecule is O=C(COc1ccc(F)cc1)Nc1nc2c(s1)CCCCCC2. The van der Waals surface area contributed by atoms with Crippen molar-refractivity contribution in [2.45, 2.75) is 38.5 Å². The molecule has 0 fully saturated rings. The van der Waals surface area contributed by atoms with Crippen molar-refractivity contribution in [1.82, 2.24) is 4.98 Å². The van der Waals surface area contributed by atoms with E-state index in [1.807, 2.05) is 0 Å². The van der Waals surface area contributed by atoms with Gasteiger partial charge in [0.2, 0.25) is 0 Å². The molecule has 3 rings (SSSR count). The van der Waals surface area contributed by atoms with E-state index in [0.717, 1.165) is 25.0 Å². The molecule has 0 saturated heterocycles. The number of aromatic nitrogens is 1. The van der Waals surface area contributed by atoms with Gasteiger partial charge in [-0.05, 0) is 49.9 Å². The minimum absolute atomic E-state index is 0.115. The highest BCUT2D eigenvalue weighted by Gasteiger charge is 2.15. The summed E-state index contributed by atoms with van der Waals surface area (Å²) in [6, 6.07) is 5.59. The highest BCUT2D eigenvalue weighted by atomic mass is 32.1. The molecule has 4 nitrogen and oxygen atoms in total. The highest BCUT2D eigenvalue weighted by molar-refractivity contribution is 7.15. The number of carbonyl (C=O) groups is 1. The van der Waals surface area contributed by atoms with E-state index in [2.05, 4.69) is 10.3 Å². The molecule has 0 spiro atoms. The second kappa shape index (κ2) is 7.55. The topological polar surface area (TPSA) is 51.2 Å². The summed E-state index contributed by atoms with van der Waals surface area (Å²) in [5, 5.41) is 3.43. The third kappa shape index (κ3) is 4.51. The Morgan fingerprint density at radius 2 is 1.91 bits per heavy atom. The van der Waals surface area contributed by atoms with E-state index in [4.69, 9.17) is 4.74 Å². The number of anilines is 1. The van der Waals surface area contributed by atoms with Crippen LogP contribution in [0.15, 0.2) is 24.3 Å².